The number of amides is 1. The molecule has 1 atom stereocenters. The Bertz CT molecular complexity index is 614. The number of halogens is 2. The third kappa shape index (κ3) is 3.18. The highest BCUT2D eigenvalue weighted by Crippen LogP contribution is 2.24. The minimum atomic E-state index is -0.858. The number of aromatic nitrogens is 2. The second-order valence-electron chi connectivity index (χ2n) is 4.04. The van der Waals surface area contributed by atoms with Crippen LogP contribution in [0.1, 0.15) is 11.6 Å². The fourth-order valence-electron chi connectivity index (χ4n) is 1.56. The summed E-state index contributed by atoms with van der Waals surface area (Å²) in [5, 5.41) is 6.52. The van der Waals surface area contributed by atoms with Gasteiger partial charge in [-0.3, -0.25) is 9.48 Å². The van der Waals surface area contributed by atoms with Gasteiger partial charge in [0, 0.05) is 23.3 Å². The minimum absolute atomic E-state index is 0.337. The molecule has 7 heteroatoms. The van der Waals surface area contributed by atoms with E-state index in [2.05, 4.69) is 26.3 Å². The van der Waals surface area contributed by atoms with Crippen LogP contribution in [0, 0.1) is 5.82 Å². The van der Waals surface area contributed by atoms with Crippen LogP contribution in [0.4, 0.5) is 10.1 Å². The predicted octanol–water partition coefficient (Wildman–Crippen LogP) is 1.96. The van der Waals surface area contributed by atoms with E-state index in [9.17, 15) is 9.18 Å². The van der Waals surface area contributed by atoms with Gasteiger partial charge in [0.05, 0.1) is 11.9 Å². The summed E-state index contributed by atoms with van der Waals surface area (Å²) < 4.78 is 15.2. The normalized spacial score (nSPS) is 12.2. The van der Waals surface area contributed by atoms with Crippen LogP contribution in [-0.2, 0) is 11.8 Å². The smallest absolute Gasteiger partial charge is 0.246 e. The summed E-state index contributed by atoms with van der Waals surface area (Å²) in [6.45, 7) is 0. The highest BCUT2D eigenvalue weighted by atomic mass is 79.9. The number of nitrogens with zero attached hydrogens (tertiary/aromatic N) is 2. The summed E-state index contributed by atoms with van der Waals surface area (Å²) in [5.74, 6) is -0.868. The van der Waals surface area contributed by atoms with Crippen LogP contribution in [0.15, 0.2) is 35.1 Å². The molecule has 1 aromatic carbocycles. The lowest BCUT2D eigenvalue weighted by Gasteiger charge is -2.12. The Morgan fingerprint density at radius 2 is 2.32 bits per heavy atom. The number of anilines is 1. The van der Waals surface area contributed by atoms with Gasteiger partial charge in [-0.25, -0.2) is 4.39 Å². The second kappa shape index (κ2) is 5.50. The summed E-state index contributed by atoms with van der Waals surface area (Å²) in [6, 6.07) is 3.17. The van der Waals surface area contributed by atoms with Gasteiger partial charge in [0.15, 0.2) is 0 Å². The van der Waals surface area contributed by atoms with Crippen molar-refractivity contribution in [1.29, 1.82) is 0 Å². The maximum atomic E-state index is 13.1. The quantitative estimate of drug-likeness (QED) is 0.905. The molecule has 0 radical (unpaired) electrons. The molecule has 1 unspecified atom stereocenters. The van der Waals surface area contributed by atoms with E-state index in [4.69, 9.17) is 5.73 Å². The van der Waals surface area contributed by atoms with Gasteiger partial charge in [-0.1, -0.05) is 0 Å². The Morgan fingerprint density at radius 3 is 2.95 bits per heavy atom. The molecule has 0 saturated carbocycles. The average molecular weight is 327 g/mol. The van der Waals surface area contributed by atoms with E-state index in [1.165, 1.54) is 24.4 Å². The van der Waals surface area contributed by atoms with Crippen LogP contribution in [-0.4, -0.2) is 15.7 Å². The standard InChI is InChI=1S/C12H12BrFN4O/c1-18-6-7(5-16-18)11(15)12(19)17-10-4-8(14)2-3-9(10)13/h2-6,11H,15H2,1H3,(H,17,19). The van der Waals surface area contributed by atoms with Gasteiger partial charge in [-0.05, 0) is 34.1 Å². The number of hydrogen-bond acceptors (Lipinski definition) is 3. The van der Waals surface area contributed by atoms with Crippen molar-refractivity contribution in [3.05, 3.63) is 46.4 Å². The molecule has 19 heavy (non-hydrogen) atoms. The molecule has 0 aliphatic heterocycles. The molecule has 0 fully saturated rings. The van der Waals surface area contributed by atoms with Gasteiger partial charge in [0.1, 0.15) is 11.9 Å². The van der Waals surface area contributed by atoms with E-state index in [1.54, 1.807) is 17.9 Å². The molecule has 1 amide bonds. The zero-order valence-corrected chi connectivity index (χ0v) is 11.7. The Kier molecular flexibility index (Phi) is 3.96. The summed E-state index contributed by atoms with van der Waals surface area (Å²) in [5.41, 5.74) is 6.74. The zero-order chi connectivity index (χ0) is 14.0. The van der Waals surface area contributed by atoms with Crippen molar-refractivity contribution in [2.75, 3.05) is 5.32 Å². The van der Waals surface area contributed by atoms with Crippen LogP contribution >= 0.6 is 15.9 Å². The summed E-state index contributed by atoms with van der Waals surface area (Å²) in [4.78, 5) is 12.0. The summed E-state index contributed by atoms with van der Waals surface area (Å²) in [6.07, 6.45) is 3.18. The van der Waals surface area contributed by atoms with Crippen molar-refractivity contribution < 1.29 is 9.18 Å². The molecule has 0 bridgehead atoms. The first-order valence-electron chi connectivity index (χ1n) is 5.47. The monoisotopic (exact) mass is 326 g/mol. The fraction of sp³-hybridized carbons (Fsp3) is 0.167. The maximum Gasteiger partial charge on any atom is 0.246 e. The molecule has 1 aromatic heterocycles. The largest absolute Gasteiger partial charge is 0.323 e. The molecular formula is C12H12BrFN4O. The molecule has 0 spiro atoms. The van der Waals surface area contributed by atoms with E-state index in [-0.39, 0.29) is 0 Å². The molecule has 2 rings (SSSR count). The van der Waals surface area contributed by atoms with Gasteiger partial charge in [-0.15, -0.1) is 0 Å². The highest BCUT2D eigenvalue weighted by Gasteiger charge is 2.18. The Labute approximate surface area is 117 Å². The van der Waals surface area contributed by atoms with E-state index >= 15 is 0 Å². The Morgan fingerprint density at radius 1 is 1.58 bits per heavy atom. The topological polar surface area (TPSA) is 72.9 Å². The van der Waals surface area contributed by atoms with E-state index < -0.39 is 17.8 Å². The summed E-state index contributed by atoms with van der Waals surface area (Å²) >= 11 is 3.23. The van der Waals surface area contributed by atoms with Gasteiger partial charge in [0.2, 0.25) is 5.91 Å². The first-order chi connectivity index (χ1) is 8.97. The first-order valence-corrected chi connectivity index (χ1v) is 6.26. The number of benzene rings is 1. The second-order valence-corrected chi connectivity index (χ2v) is 4.89. The molecule has 0 aliphatic carbocycles. The molecule has 0 aliphatic rings. The fourth-order valence-corrected chi connectivity index (χ4v) is 1.90. The number of nitrogens with one attached hydrogen (secondary N) is 1. The van der Waals surface area contributed by atoms with Crippen LogP contribution in [0.3, 0.4) is 0 Å². The van der Waals surface area contributed by atoms with E-state index in [0.717, 1.165) is 0 Å². The number of carbonyl (C=O) groups excluding carboxylic acids is 1. The predicted molar refractivity (Wildman–Crippen MR) is 72.9 cm³/mol. The Balaban J connectivity index is 2.14. The lowest BCUT2D eigenvalue weighted by molar-refractivity contribution is -0.117. The highest BCUT2D eigenvalue weighted by molar-refractivity contribution is 9.10. The number of hydrogen-bond donors (Lipinski definition) is 2. The number of aryl methyl sites for hydroxylation is 1. The van der Waals surface area contributed by atoms with Gasteiger partial charge < -0.3 is 11.1 Å². The van der Waals surface area contributed by atoms with Gasteiger partial charge in [-0.2, -0.15) is 5.10 Å². The van der Waals surface area contributed by atoms with Crippen molar-refractivity contribution in [2.45, 2.75) is 6.04 Å². The van der Waals surface area contributed by atoms with Crippen LogP contribution in [0.2, 0.25) is 0 Å². The molecule has 0 saturated heterocycles. The van der Waals surface area contributed by atoms with Crippen molar-refractivity contribution >= 4 is 27.5 Å². The number of rotatable bonds is 3. The van der Waals surface area contributed by atoms with Crippen LogP contribution < -0.4 is 11.1 Å². The van der Waals surface area contributed by atoms with Crippen LogP contribution in [0.25, 0.3) is 0 Å². The number of nitrogens with two attached hydrogens (primary N) is 1. The van der Waals surface area contributed by atoms with Gasteiger partial charge in [0.25, 0.3) is 0 Å². The average Bonchev–Trinajstić information content (AvgIpc) is 2.79. The maximum absolute atomic E-state index is 13.1. The molecule has 3 N–H and O–H groups in total. The summed E-state index contributed by atoms with van der Waals surface area (Å²) in [7, 11) is 1.73. The lowest BCUT2D eigenvalue weighted by atomic mass is 10.1. The minimum Gasteiger partial charge on any atom is -0.323 e. The van der Waals surface area contributed by atoms with Crippen molar-refractivity contribution in [3.8, 4) is 0 Å². The molecule has 5 nitrogen and oxygen atoms in total. The third-order valence-corrected chi connectivity index (χ3v) is 3.24. The first kappa shape index (κ1) is 13.7. The lowest BCUT2D eigenvalue weighted by Crippen LogP contribution is -2.27. The molecule has 100 valence electrons. The van der Waals surface area contributed by atoms with Crippen molar-refractivity contribution in [3.63, 3.8) is 0 Å². The van der Waals surface area contributed by atoms with Crippen molar-refractivity contribution in [2.24, 2.45) is 12.8 Å². The van der Waals surface area contributed by atoms with Crippen molar-refractivity contribution in [1.82, 2.24) is 9.78 Å². The number of carbonyl (C=O) groups is 1. The van der Waals surface area contributed by atoms with Crippen LogP contribution in [0.5, 0.6) is 0 Å². The third-order valence-electron chi connectivity index (χ3n) is 2.55. The Hall–Kier alpha value is -1.73. The zero-order valence-electron chi connectivity index (χ0n) is 10.1. The molecule has 1 heterocycles. The van der Waals surface area contributed by atoms with Gasteiger partial charge >= 0.3 is 0 Å². The molecular weight excluding hydrogens is 315 g/mol. The van der Waals surface area contributed by atoms with E-state index in [1.807, 2.05) is 0 Å². The SMILES string of the molecule is Cn1cc(C(N)C(=O)Nc2cc(F)ccc2Br)cn1. The van der Waals surface area contributed by atoms with E-state index in [0.29, 0.717) is 15.7 Å². The molecule has 2 aromatic rings.